The third-order valence-corrected chi connectivity index (χ3v) is 1.97. The number of nitrogens with zero attached hydrogens (tertiary/aromatic N) is 3. The lowest BCUT2D eigenvalue weighted by Crippen LogP contribution is -2.33. The van der Waals surface area contributed by atoms with Crippen LogP contribution in [0.4, 0.5) is 5.95 Å². The first-order valence-corrected chi connectivity index (χ1v) is 4.93. The zero-order valence-electron chi connectivity index (χ0n) is 7.99. The summed E-state index contributed by atoms with van der Waals surface area (Å²) in [6.45, 7) is 3.90. The number of nitrogens with one attached hydrogen (secondary N) is 1. The van der Waals surface area contributed by atoms with Gasteiger partial charge in [0.25, 0.3) is 0 Å². The lowest BCUT2D eigenvalue weighted by Gasteiger charge is -2.07. The van der Waals surface area contributed by atoms with Crippen molar-refractivity contribution in [3.63, 3.8) is 0 Å². The second-order valence-corrected chi connectivity index (χ2v) is 3.83. The van der Waals surface area contributed by atoms with Crippen LogP contribution in [0.1, 0.15) is 13.8 Å². The third kappa shape index (κ3) is 2.99. The van der Waals surface area contributed by atoms with Crippen LogP contribution in [0.3, 0.4) is 0 Å². The maximum absolute atomic E-state index is 11.3. The van der Waals surface area contributed by atoms with Crippen LogP contribution < -0.4 is 11.1 Å². The van der Waals surface area contributed by atoms with E-state index in [1.54, 1.807) is 0 Å². The van der Waals surface area contributed by atoms with Crippen LogP contribution in [-0.2, 0) is 11.3 Å². The van der Waals surface area contributed by atoms with Gasteiger partial charge in [-0.2, -0.15) is 4.98 Å². The minimum atomic E-state index is -0.120. The summed E-state index contributed by atoms with van der Waals surface area (Å²) in [4.78, 5) is 15.1. The van der Waals surface area contributed by atoms with E-state index < -0.39 is 0 Å². The van der Waals surface area contributed by atoms with Gasteiger partial charge < -0.3 is 11.1 Å². The number of amides is 1. The van der Waals surface area contributed by atoms with Crippen molar-refractivity contribution in [2.75, 3.05) is 5.73 Å². The maximum atomic E-state index is 11.3. The molecule has 14 heavy (non-hydrogen) atoms. The van der Waals surface area contributed by atoms with E-state index in [4.69, 9.17) is 5.73 Å². The molecule has 1 heterocycles. The van der Waals surface area contributed by atoms with Crippen LogP contribution in [-0.4, -0.2) is 26.7 Å². The normalized spacial score (nSPS) is 10.6. The van der Waals surface area contributed by atoms with Crippen molar-refractivity contribution in [1.82, 2.24) is 20.1 Å². The Morgan fingerprint density at radius 1 is 1.71 bits per heavy atom. The molecule has 78 valence electrons. The average Bonchev–Trinajstić information content (AvgIpc) is 2.28. The molecule has 0 aliphatic heterocycles. The van der Waals surface area contributed by atoms with Gasteiger partial charge in [0.2, 0.25) is 11.9 Å². The highest BCUT2D eigenvalue weighted by Crippen LogP contribution is 2.07. The van der Waals surface area contributed by atoms with Crippen molar-refractivity contribution < 1.29 is 4.79 Å². The van der Waals surface area contributed by atoms with Gasteiger partial charge in [0.1, 0.15) is 6.54 Å². The molecular formula is C7H12BrN5O. The van der Waals surface area contributed by atoms with Gasteiger partial charge in [-0.25, -0.2) is 4.68 Å². The third-order valence-electron chi connectivity index (χ3n) is 1.39. The Morgan fingerprint density at radius 2 is 2.36 bits per heavy atom. The fourth-order valence-corrected chi connectivity index (χ4v) is 1.33. The average molecular weight is 262 g/mol. The SMILES string of the molecule is CC(C)NC(=O)Cn1nc(N)nc1Br. The fraction of sp³-hybridized carbons (Fsp3) is 0.571. The van der Waals surface area contributed by atoms with Crippen molar-refractivity contribution >= 4 is 27.8 Å². The Balaban J connectivity index is 2.60. The number of hydrogen-bond donors (Lipinski definition) is 2. The zero-order chi connectivity index (χ0) is 10.7. The van der Waals surface area contributed by atoms with Gasteiger partial charge in [-0.3, -0.25) is 4.79 Å². The highest BCUT2D eigenvalue weighted by molar-refractivity contribution is 9.10. The summed E-state index contributed by atoms with van der Waals surface area (Å²) >= 11 is 3.14. The molecule has 1 rings (SSSR count). The van der Waals surface area contributed by atoms with Crippen LogP contribution in [0.2, 0.25) is 0 Å². The lowest BCUT2D eigenvalue weighted by atomic mass is 10.4. The van der Waals surface area contributed by atoms with E-state index in [1.807, 2.05) is 13.8 Å². The first-order valence-electron chi connectivity index (χ1n) is 4.14. The number of carbonyl (C=O) groups excluding carboxylic acids is 1. The Labute approximate surface area is 90.0 Å². The van der Waals surface area contributed by atoms with Crippen molar-refractivity contribution in [3.05, 3.63) is 4.73 Å². The number of halogens is 1. The number of aromatic nitrogens is 3. The maximum Gasteiger partial charge on any atom is 0.242 e. The molecule has 0 spiro atoms. The molecule has 0 aliphatic carbocycles. The molecule has 0 fully saturated rings. The van der Waals surface area contributed by atoms with Crippen LogP contribution in [0.5, 0.6) is 0 Å². The predicted molar refractivity (Wildman–Crippen MR) is 55.4 cm³/mol. The summed E-state index contributed by atoms with van der Waals surface area (Å²) in [5.41, 5.74) is 5.35. The van der Waals surface area contributed by atoms with Crippen molar-refractivity contribution in [2.45, 2.75) is 26.4 Å². The number of nitrogen functional groups attached to an aromatic ring is 1. The second-order valence-electron chi connectivity index (χ2n) is 3.12. The number of nitrogens with two attached hydrogens (primary N) is 1. The first kappa shape index (κ1) is 11.0. The number of carbonyl (C=O) groups is 1. The summed E-state index contributed by atoms with van der Waals surface area (Å²) in [6, 6.07) is 0.113. The Bertz CT molecular complexity index is 335. The van der Waals surface area contributed by atoms with Crippen molar-refractivity contribution in [3.8, 4) is 0 Å². The molecule has 7 heteroatoms. The molecule has 3 N–H and O–H groups in total. The minimum Gasteiger partial charge on any atom is -0.366 e. The summed E-state index contributed by atoms with van der Waals surface area (Å²) in [5, 5.41) is 6.57. The zero-order valence-corrected chi connectivity index (χ0v) is 9.58. The minimum absolute atomic E-state index is 0.113. The first-order chi connectivity index (χ1) is 6.49. The van der Waals surface area contributed by atoms with E-state index in [0.29, 0.717) is 4.73 Å². The molecule has 0 saturated heterocycles. The topological polar surface area (TPSA) is 85.8 Å². The summed E-state index contributed by atoms with van der Waals surface area (Å²) < 4.78 is 1.85. The molecule has 6 nitrogen and oxygen atoms in total. The van der Waals surface area contributed by atoms with Gasteiger partial charge in [0, 0.05) is 6.04 Å². The smallest absolute Gasteiger partial charge is 0.242 e. The molecule has 0 aliphatic rings. The number of rotatable bonds is 3. The van der Waals surface area contributed by atoms with Gasteiger partial charge in [-0.05, 0) is 29.8 Å². The molecular weight excluding hydrogens is 250 g/mol. The van der Waals surface area contributed by atoms with Gasteiger partial charge in [-0.15, -0.1) is 5.10 Å². The van der Waals surface area contributed by atoms with E-state index in [1.165, 1.54) is 4.68 Å². The standard InChI is InChI=1S/C7H12BrN5O/c1-4(2)10-5(14)3-13-6(8)11-7(9)12-13/h4H,3H2,1-2H3,(H2,9,12)(H,10,14). The van der Waals surface area contributed by atoms with Crippen molar-refractivity contribution in [2.24, 2.45) is 0 Å². The Morgan fingerprint density at radius 3 is 2.79 bits per heavy atom. The molecule has 0 atom stereocenters. The van der Waals surface area contributed by atoms with E-state index in [2.05, 4.69) is 31.3 Å². The van der Waals surface area contributed by atoms with Gasteiger partial charge in [-0.1, -0.05) is 0 Å². The molecule has 0 saturated carbocycles. The Hall–Kier alpha value is -1.11. The molecule has 0 radical (unpaired) electrons. The number of hydrogen-bond acceptors (Lipinski definition) is 4. The molecule has 1 aromatic heterocycles. The molecule has 0 bridgehead atoms. The monoisotopic (exact) mass is 261 g/mol. The highest BCUT2D eigenvalue weighted by Gasteiger charge is 2.09. The van der Waals surface area contributed by atoms with E-state index in [9.17, 15) is 4.79 Å². The van der Waals surface area contributed by atoms with E-state index in [-0.39, 0.29) is 24.4 Å². The fourth-order valence-electron chi connectivity index (χ4n) is 0.944. The summed E-state index contributed by atoms with van der Waals surface area (Å²) in [5.74, 6) is 0.0276. The molecule has 1 aromatic rings. The van der Waals surface area contributed by atoms with E-state index >= 15 is 0 Å². The van der Waals surface area contributed by atoms with Crippen LogP contribution in [0.25, 0.3) is 0 Å². The van der Waals surface area contributed by atoms with Crippen LogP contribution >= 0.6 is 15.9 Å². The van der Waals surface area contributed by atoms with Gasteiger partial charge in [0.05, 0.1) is 0 Å². The quantitative estimate of drug-likeness (QED) is 0.811. The second kappa shape index (κ2) is 4.41. The van der Waals surface area contributed by atoms with Crippen molar-refractivity contribution in [1.29, 1.82) is 0 Å². The van der Waals surface area contributed by atoms with E-state index in [0.717, 1.165) is 0 Å². The largest absolute Gasteiger partial charge is 0.366 e. The highest BCUT2D eigenvalue weighted by atomic mass is 79.9. The molecule has 0 aromatic carbocycles. The van der Waals surface area contributed by atoms with Crippen LogP contribution in [0.15, 0.2) is 4.73 Å². The molecule has 1 amide bonds. The number of anilines is 1. The molecule has 0 unspecified atom stereocenters. The van der Waals surface area contributed by atoms with Gasteiger partial charge >= 0.3 is 0 Å². The Kier molecular flexibility index (Phi) is 3.45. The van der Waals surface area contributed by atoms with Gasteiger partial charge in [0.15, 0.2) is 4.73 Å². The van der Waals surface area contributed by atoms with Crippen LogP contribution in [0, 0.1) is 0 Å². The summed E-state index contributed by atoms with van der Waals surface area (Å²) in [7, 11) is 0. The lowest BCUT2D eigenvalue weighted by molar-refractivity contribution is -0.122. The summed E-state index contributed by atoms with van der Waals surface area (Å²) in [6.07, 6.45) is 0. The predicted octanol–water partition coefficient (Wildman–Crippen LogP) is 0.147.